The van der Waals surface area contributed by atoms with Crippen molar-refractivity contribution in [2.75, 3.05) is 26.7 Å². The molecule has 2 aromatic rings. The number of nitrogens with one attached hydrogen (secondary N) is 1. The third kappa shape index (κ3) is 6.15. The number of carbonyl (C=O) groups excluding carboxylic acids is 1. The number of rotatable bonds is 6. The van der Waals surface area contributed by atoms with E-state index in [1.807, 2.05) is 25.8 Å². The number of nitrogens with zero attached hydrogens (tertiary/aromatic N) is 4. The maximum Gasteiger partial charge on any atom is 0.224 e. The highest BCUT2D eigenvalue weighted by Gasteiger charge is 2.21. The lowest BCUT2D eigenvalue weighted by Crippen LogP contribution is -2.39. The van der Waals surface area contributed by atoms with Crippen molar-refractivity contribution < 1.29 is 4.79 Å². The summed E-state index contributed by atoms with van der Waals surface area (Å²) >= 11 is 3.45. The first-order valence-electron chi connectivity index (χ1n) is 9.30. The first-order valence-corrected chi connectivity index (χ1v) is 11.1. The predicted octanol–water partition coefficient (Wildman–Crippen LogP) is 3.50. The molecule has 0 aliphatic carbocycles. The number of amides is 1. The fourth-order valence-electron chi connectivity index (χ4n) is 3.15. The van der Waals surface area contributed by atoms with E-state index in [1.54, 1.807) is 22.7 Å². The van der Waals surface area contributed by atoms with Crippen LogP contribution in [0.4, 0.5) is 0 Å². The summed E-state index contributed by atoms with van der Waals surface area (Å²) in [5.74, 6) is 0.999. The van der Waals surface area contributed by atoms with Gasteiger partial charge >= 0.3 is 0 Å². The SMILES string of the molecule is CCNC(=NCCC(=O)N1CCc2sccc2C1)N(C)Cc1csc(C)n1.I. The number of thiophene rings is 1. The van der Waals surface area contributed by atoms with Crippen molar-refractivity contribution in [3.05, 3.63) is 38.0 Å². The zero-order valence-electron chi connectivity index (χ0n) is 16.6. The van der Waals surface area contributed by atoms with Crippen molar-refractivity contribution in [2.24, 2.45) is 4.99 Å². The Balaban J connectivity index is 0.00000280. The smallest absolute Gasteiger partial charge is 0.224 e. The molecule has 1 amide bonds. The van der Waals surface area contributed by atoms with Gasteiger partial charge in [0.25, 0.3) is 0 Å². The molecule has 0 unspecified atom stereocenters. The van der Waals surface area contributed by atoms with Crippen LogP contribution in [-0.2, 0) is 24.3 Å². The van der Waals surface area contributed by atoms with Crippen molar-refractivity contribution in [1.29, 1.82) is 0 Å². The zero-order chi connectivity index (χ0) is 19.2. The third-order valence-corrected chi connectivity index (χ3v) is 6.36. The molecule has 0 atom stereocenters. The number of aromatic nitrogens is 1. The summed E-state index contributed by atoms with van der Waals surface area (Å²) in [6, 6.07) is 2.13. The maximum atomic E-state index is 12.6. The van der Waals surface area contributed by atoms with Gasteiger partial charge in [0.2, 0.25) is 5.91 Å². The summed E-state index contributed by atoms with van der Waals surface area (Å²) in [5, 5.41) is 8.56. The minimum atomic E-state index is 0. The lowest BCUT2D eigenvalue weighted by Gasteiger charge is -2.27. The lowest BCUT2D eigenvalue weighted by molar-refractivity contribution is -0.131. The van der Waals surface area contributed by atoms with E-state index >= 15 is 0 Å². The van der Waals surface area contributed by atoms with E-state index in [2.05, 4.69) is 37.0 Å². The molecule has 2 aromatic heterocycles. The summed E-state index contributed by atoms with van der Waals surface area (Å²) in [6.45, 7) is 7.61. The average Bonchev–Trinajstić information content (AvgIpc) is 3.28. The Labute approximate surface area is 192 Å². The quantitative estimate of drug-likeness (QED) is 0.351. The fourth-order valence-corrected chi connectivity index (χ4v) is 4.64. The molecule has 3 rings (SSSR count). The molecule has 0 saturated heterocycles. The van der Waals surface area contributed by atoms with Crippen molar-refractivity contribution in [1.82, 2.24) is 20.1 Å². The molecule has 9 heteroatoms. The van der Waals surface area contributed by atoms with Crippen molar-refractivity contribution in [2.45, 2.75) is 39.8 Å². The van der Waals surface area contributed by atoms with E-state index < -0.39 is 0 Å². The Morgan fingerprint density at radius 1 is 1.43 bits per heavy atom. The molecular weight excluding hydrogens is 505 g/mol. The predicted molar refractivity (Wildman–Crippen MR) is 128 cm³/mol. The van der Waals surface area contributed by atoms with Gasteiger partial charge in [0.05, 0.1) is 23.8 Å². The lowest BCUT2D eigenvalue weighted by atomic mass is 10.1. The molecule has 0 bridgehead atoms. The van der Waals surface area contributed by atoms with Crippen LogP contribution in [0.15, 0.2) is 21.8 Å². The van der Waals surface area contributed by atoms with Gasteiger partial charge in [0, 0.05) is 43.4 Å². The summed E-state index contributed by atoms with van der Waals surface area (Å²) in [4.78, 5) is 27.1. The van der Waals surface area contributed by atoms with E-state index in [9.17, 15) is 4.79 Å². The third-order valence-electron chi connectivity index (χ3n) is 4.51. The Morgan fingerprint density at radius 2 is 2.25 bits per heavy atom. The van der Waals surface area contributed by atoms with Gasteiger partial charge in [0.1, 0.15) is 0 Å². The number of aryl methyl sites for hydroxylation is 1. The summed E-state index contributed by atoms with van der Waals surface area (Å²) < 4.78 is 0. The minimum absolute atomic E-state index is 0. The fraction of sp³-hybridized carbons (Fsp3) is 0.526. The largest absolute Gasteiger partial charge is 0.357 e. The molecule has 0 radical (unpaired) electrons. The van der Waals surface area contributed by atoms with Gasteiger partial charge in [-0.05, 0) is 37.3 Å². The van der Waals surface area contributed by atoms with Crippen LogP contribution in [0, 0.1) is 6.92 Å². The van der Waals surface area contributed by atoms with E-state index in [4.69, 9.17) is 0 Å². The molecule has 6 nitrogen and oxygen atoms in total. The first-order chi connectivity index (χ1) is 13.1. The second-order valence-electron chi connectivity index (χ2n) is 6.63. The minimum Gasteiger partial charge on any atom is -0.357 e. The standard InChI is InChI=1S/C19H27N5OS2.HI/c1-4-20-19(23(3)12-16-13-27-14(2)22-16)21-8-5-18(25)24-9-6-17-15(11-24)7-10-26-17;/h7,10,13H,4-6,8-9,11-12H2,1-3H3,(H,20,21);1H. The molecule has 0 spiro atoms. The highest BCUT2D eigenvalue weighted by Crippen LogP contribution is 2.24. The van der Waals surface area contributed by atoms with Gasteiger partial charge in [0.15, 0.2) is 5.96 Å². The number of thiazole rings is 1. The van der Waals surface area contributed by atoms with Crippen LogP contribution in [0.3, 0.4) is 0 Å². The Hall–Kier alpha value is -1.20. The molecular formula is C19H28IN5OS2. The van der Waals surface area contributed by atoms with Gasteiger partial charge in [-0.15, -0.1) is 46.7 Å². The molecule has 1 aliphatic heterocycles. The number of aliphatic imine (C=N–C) groups is 1. The van der Waals surface area contributed by atoms with Crippen LogP contribution >= 0.6 is 46.7 Å². The second kappa shape index (κ2) is 11.1. The molecule has 0 aromatic carbocycles. The number of hydrogen-bond acceptors (Lipinski definition) is 5. The Bertz CT molecular complexity index is 804. The van der Waals surface area contributed by atoms with Crippen molar-refractivity contribution in [3.8, 4) is 0 Å². The maximum absolute atomic E-state index is 12.6. The molecule has 1 N–H and O–H groups in total. The molecule has 1 aliphatic rings. The topological polar surface area (TPSA) is 60.8 Å². The van der Waals surface area contributed by atoms with E-state index in [-0.39, 0.29) is 29.9 Å². The van der Waals surface area contributed by atoms with Crippen LogP contribution in [-0.4, -0.2) is 53.3 Å². The molecule has 154 valence electrons. The summed E-state index contributed by atoms with van der Waals surface area (Å²) in [7, 11) is 2.00. The highest BCUT2D eigenvalue weighted by molar-refractivity contribution is 14.0. The van der Waals surface area contributed by atoms with Crippen molar-refractivity contribution >= 4 is 58.5 Å². The van der Waals surface area contributed by atoms with Gasteiger partial charge in [-0.25, -0.2) is 4.98 Å². The van der Waals surface area contributed by atoms with E-state index in [0.717, 1.165) is 42.7 Å². The molecule has 0 fully saturated rings. The van der Waals surface area contributed by atoms with Crippen LogP contribution in [0.1, 0.15) is 34.5 Å². The Kier molecular flexibility index (Phi) is 9.16. The highest BCUT2D eigenvalue weighted by atomic mass is 127. The number of hydrogen-bond donors (Lipinski definition) is 1. The number of halogens is 1. The second-order valence-corrected chi connectivity index (χ2v) is 8.70. The van der Waals surface area contributed by atoms with Crippen LogP contribution in [0.25, 0.3) is 0 Å². The van der Waals surface area contributed by atoms with E-state index in [0.29, 0.717) is 19.5 Å². The van der Waals surface area contributed by atoms with E-state index in [1.165, 1.54) is 10.4 Å². The van der Waals surface area contributed by atoms with Gasteiger partial charge in [-0.3, -0.25) is 9.79 Å². The van der Waals surface area contributed by atoms with Gasteiger partial charge < -0.3 is 15.1 Å². The normalized spacial score (nSPS) is 13.7. The van der Waals surface area contributed by atoms with Gasteiger partial charge in [-0.1, -0.05) is 0 Å². The van der Waals surface area contributed by atoms with Gasteiger partial charge in [-0.2, -0.15) is 0 Å². The molecule has 0 saturated carbocycles. The monoisotopic (exact) mass is 533 g/mol. The Morgan fingerprint density at radius 3 is 2.96 bits per heavy atom. The first kappa shape index (κ1) is 23.1. The van der Waals surface area contributed by atoms with Crippen molar-refractivity contribution in [3.63, 3.8) is 0 Å². The number of guanidine groups is 1. The molecule has 28 heavy (non-hydrogen) atoms. The summed E-state index contributed by atoms with van der Waals surface area (Å²) in [6.07, 6.45) is 1.42. The number of fused-ring (bicyclic) bond motifs is 1. The average molecular weight is 534 g/mol. The zero-order valence-corrected chi connectivity index (χ0v) is 20.6. The van der Waals surface area contributed by atoms with Crippen LogP contribution < -0.4 is 5.32 Å². The number of carbonyl (C=O) groups is 1. The van der Waals surface area contributed by atoms with Crippen LogP contribution in [0.2, 0.25) is 0 Å². The summed E-state index contributed by atoms with van der Waals surface area (Å²) in [5.41, 5.74) is 2.34. The van der Waals surface area contributed by atoms with Crippen LogP contribution in [0.5, 0.6) is 0 Å². The molecule has 3 heterocycles.